The summed E-state index contributed by atoms with van der Waals surface area (Å²) >= 11 is 0. The monoisotopic (exact) mass is 180 g/mol. The molecule has 0 unspecified atom stereocenters. The molecule has 70 valence electrons. The van der Waals surface area contributed by atoms with Crippen LogP contribution in [0.2, 0.25) is 0 Å². The largest absolute Gasteiger partial charge is 0.504 e. The number of rotatable bonds is 2. The molecule has 0 aliphatic rings. The van der Waals surface area contributed by atoms with Gasteiger partial charge in [-0.3, -0.25) is 4.79 Å². The lowest BCUT2D eigenvalue weighted by molar-refractivity contribution is -0.134. The van der Waals surface area contributed by atoms with E-state index in [-0.39, 0.29) is 17.5 Å². The standard InChI is InChI=1S/C10H12O3/c1-3-10(12)13-9-6-7(2)4-5-8(9)11/h4-6,11H,3H2,1-2H3. The average molecular weight is 180 g/mol. The molecule has 3 heteroatoms. The second-order valence-corrected chi connectivity index (χ2v) is 2.80. The third-order valence-electron chi connectivity index (χ3n) is 1.63. The zero-order valence-corrected chi connectivity index (χ0v) is 7.70. The van der Waals surface area contributed by atoms with Gasteiger partial charge in [0.05, 0.1) is 0 Å². The molecule has 0 saturated carbocycles. The Morgan fingerprint density at radius 3 is 2.85 bits per heavy atom. The molecular formula is C10H12O3. The van der Waals surface area contributed by atoms with Gasteiger partial charge in [-0.2, -0.15) is 0 Å². The summed E-state index contributed by atoms with van der Waals surface area (Å²) in [5.74, 6) is -0.125. The number of hydrogen-bond donors (Lipinski definition) is 1. The number of esters is 1. The highest BCUT2D eigenvalue weighted by atomic mass is 16.5. The summed E-state index contributed by atoms with van der Waals surface area (Å²) in [4.78, 5) is 10.9. The first-order valence-electron chi connectivity index (χ1n) is 4.13. The number of phenols is 1. The third kappa shape index (κ3) is 2.47. The molecule has 0 fully saturated rings. The average Bonchev–Trinajstić information content (AvgIpc) is 2.11. The minimum Gasteiger partial charge on any atom is -0.504 e. The Hall–Kier alpha value is -1.51. The Labute approximate surface area is 77.0 Å². The van der Waals surface area contributed by atoms with E-state index >= 15 is 0 Å². The van der Waals surface area contributed by atoms with Crippen LogP contribution in [0.3, 0.4) is 0 Å². The van der Waals surface area contributed by atoms with Crippen molar-refractivity contribution in [1.82, 2.24) is 0 Å². The van der Waals surface area contributed by atoms with Crippen LogP contribution in [-0.4, -0.2) is 11.1 Å². The van der Waals surface area contributed by atoms with Crippen LogP contribution in [0.25, 0.3) is 0 Å². The van der Waals surface area contributed by atoms with Crippen molar-refractivity contribution in [2.45, 2.75) is 20.3 Å². The smallest absolute Gasteiger partial charge is 0.311 e. The molecule has 0 aromatic heterocycles. The van der Waals surface area contributed by atoms with Crippen LogP contribution in [0.1, 0.15) is 18.9 Å². The van der Waals surface area contributed by atoms with Crippen LogP contribution in [0, 0.1) is 6.92 Å². The van der Waals surface area contributed by atoms with Crippen molar-refractivity contribution in [3.8, 4) is 11.5 Å². The maximum Gasteiger partial charge on any atom is 0.311 e. The zero-order valence-electron chi connectivity index (χ0n) is 7.70. The molecule has 1 aromatic carbocycles. The summed E-state index contributed by atoms with van der Waals surface area (Å²) in [7, 11) is 0. The van der Waals surface area contributed by atoms with E-state index in [2.05, 4.69) is 0 Å². The Balaban J connectivity index is 2.87. The maximum absolute atomic E-state index is 10.9. The number of ether oxygens (including phenoxy) is 1. The summed E-state index contributed by atoms with van der Waals surface area (Å²) in [6, 6.07) is 4.88. The molecule has 0 heterocycles. The molecule has 0 spiro atoms. The lowest BCUT2D eigenvalue weighted by atomic mass is 10.2. The van der Waals surface area contributed by atoms with E-state index in [9.17, 15) is 9.90 Å². The fourth-order valence-electron chi connectivity index (χ4n) is 0.898. The molecule has 1 N–H and O–H groups in total. The molecular weight excluding hydrogens is 168 g/mol. The highest BCUT2D eigenvalue weighted by molar-refractivity contribution is 5.72. The van der Waals surface area contributed by atoms with Crippen LogP contribution >= 0.6 is 0 Å². The highest BCUT2D eigenvalue weighted by Gasteiger charge is 2.06. The second-order valence-electron chi connectivity index (χ2n) is 2.80. The highest BCUT2D eigenvalue weighted by Crippen LogP contribution is 2.26. The second kappa shape index (κ2) is 3.94. The van der Waals surface area contributed by atoms with Crippen molar-refractivity contribution in [3.63, 3.8) is 0 Å². The van der Waals surface area contributed by atoms with Crippen molar-refractivity contribution >= 4 is 5.97 Å². The number of aromatic hydroxyl groups is 1. The molecule has 0 aliphatic carbocycles. The third-order valence-corrected chi connectivity index (χ3v) is 1.63. The zero-order chi connectivity index (χ0) is 9.84. The summed E-state index contributed by atoms with van der Waals surface area (Å²) in [5.41, 5.74) is 0.941. The van der Waals surface area contributed by atoms with Crippen molar-refractivity contribution < 1.29 is 14.6 Å². The van der Waals surface area contributed by atoms with Gasteiger partial charge in [0, 0.05) is 6.42 Å². The van der Waals surface area contributed by atoms with Gasteiger partial charge < -0.3 is 9.84 Å². The van der Waals surface area contributed by atoms with Gasteiger partial charge in [-0.15, -0.1) is 0 Å². The quantitative estimate of drug-likeness (QED) is 0.559. The van der Waals surface area contributed by atoms with Crippen LogP contribution < -0.4 is 4.74 Å². The number of hydrogen-bond acceptors (Lipinski definition) is 3. The van der Waals surface area contributed by atoms with Crippen LogP contribution in [-0.2, 0) is 4.79 Å². The summed E-state index contributed by atoms with van der Waals surface area (Å²) < 4.78 is 4.89. The number of aryl methyl sites for hydroxylation is 1. The number of carbonyl (C=O) groups excluding carboxylic acids is 1. The molecule has 0 saturated heterocycles. The van der Waals surface area contributed by atoms with Crippen LogP contribution in [0.4, 0.5) is 0 Å². The normalized spacial score (nSPS) is 9.69. The van der Waals surface area contributed by atoms with Gasteiger partial charge in [0.1, 0.15) is 0 Å². The number of phenolic OH excluding ortho intramolecular Hbond substituents is 1. The molecule has 0 amide bonds. The van der Waals surface area contributed by atoms with E-state index in [1.807, 2.05) is 6.92 Å². The predicted octanol–water partition coefficient (Wildman–Crippen LogP) is 2.02. The van der Waals surface area contributed by atoms with Crippen LogP contribution in [0.5, 0.6) is 11.5 Å². The van der Waals surface area contributed by atoms with Gasteiger partial charge in [0.2, 0.25) is 0 Å². The molecule has 3 nitrogen and oxygen atoms in total. The van der Waals surface area contributed by atoms with E-state index in [0.717, 1.165) is 5.56 Å². The Kier molecular flexibility index (Phi) is 2.90. The van der Waals surface area contributed by atoms with E-state index < -0.39 is 0 Å². The first-order chi connectivity index (χ1) is 6.13. The van der Waals surface area contributed by atoms with Gasteiger partial charge in [-0.05, 0) is 24.6 Å². The summed E-state index contributed by atoms with van der Waals surface area (Å²) in [6.07, 6.45) is 0.299. The van der Waals surface area contributed by atoms with E-state index in [1.54, 1.807) is 19.1 Å². The Bertz CT molecular complexity index is 318. The Morgan fingerprint density at radius 1 is 1.54 bits per heavy atom. The number of benzene rings is 1. The summed E-state index contributed by atoms with van der Waals surface area (Å²) in [5, 5.41) is 9.30. The fourth-order valence-corrected chi connectivity index (χ4v) is 0.898. The maximum atomic E-state index is 10.9. The van der Waals surface area contributed by atoms with Crippen molar-refractivity contribution in [3.05, 3.63) is 23.8 Å². The Morgan fingerprint density at radius 2 is 2.23 bits per heavy atom. The van der Waals surface area contributed by atoms with Gasteiger partial charge in [-0.1, -0.05) is 13.0 Å². The van der Waals surface area contributed by atoms with Crippen molar-refractivity contribution in [2.24, 2.45) is 0 Å². The molecule has 0 atom stereocenters. The van der Waals surface area contributed by atoms with Crippen molar-refractivity contribution in [1.29, 1.82) is 0 Å². The molecule has 0 aliphatic heterocycles. The molecule has 1 aromatic rings. The first-order valence-corrected chi connectivity index (χ1v) is 4.13. The van der Waals surface area contributed by atoms with Gasteiger partial charge in [-0.25, -0.2) is 0 Å². The summed E-state index contributed by atoms with van der Waals surface area (Å²) in [6.45, 7) is 3.57. The van der Waals surface area contributed by atoms with Gasteiger partial charge >= 0.3 is 5.97 Å². The SMILES string of the molecule is CCC(=O)Oc1cc(C)ccc1O. The predicted molar refractivity (Wildman–Crippen MR) is 48.8 cm³/mol. The number of carbonyl (C=O) groups is 1. The van der Waals surface area contributed by atoms with Crippen LogP contribution in [0.15, 0.2) is 18.2 Å². The minimum atomic E-state index is -0.346. The van der Waals surface area contributed by atoms with Gasteiger partial charge in [0.25, 0.3) is 0 Å². The molecule has 13 heavy (non-hydrogen) atoms. The molecule has 1 rings (SSSR count). The van der Waals surface area contributed by atoms with E-state index in [1.165, 1.54) is 6.07 Å². The molecule has 0 radical (unpaired) electrons. The lowest BCUT2D eigenvalue weighted by Gasteiger charge is -2.05. The van der Waals surface area contributed by atoms with E-state index in [0.29, 0.717) is 6.42 Å². The lowest BCUT2D eigenvalue weighted by Crippen LogP contribution is -2.05. The fraction of sp³-hybridized carbons (Fsp3) is 0.300. The molecule has 0 bridgehead atoms. The topological polar surface area (TPSA) is 46.5 Å². The van der Waals surface area contributed by atoms with Crippen molar-refractivity contribution in [2.75, 3.05) is 0 Å². The van der Waals surface area contributed by atoms with Gasteiger partial charge in [0.15, 0.2) is 11.5 Å². The minimum absolute atomic E-state index is 0.00704. The van der Waals surface area contributed by atoms with E-state index in [4.69, 9.17) is 4.74 Å². The first kappa shape index (κ1) is 9.58.